The zero-order chi connectivity index (χ0) is 23.6. The molecule has 4 heterocycles. The van der Waals surface area contributed by atoms with Crippen molar-refractivity contribution in [3.8, 4) is 0 Å². The van der Waals surface area contributed by atoms with Crippen molar-refractivity contribution in [2.75, 3.05) is 26.7 Å². The summed E-state index contributed by atoms with van der Waals surface area (Å²) in [6, 6.07) is 3.15. The van der Waals surface area contributed by atoms with Crippen LogP contribution in [0.5, 0.6) is 0 Å². The van der Waals surface area contributed by atoms with Crippen LogP contribution in [-0.4, -0.2) is 69.9 Å². The van der Waals surface area contributed by atoms with E-state index in [0.29, 0.717) is 29.4 Å². The number of amides is 2. The summed E-state index contributed by atoms with van der Waals surface area (Å²) in [6.07, 6.45) is 7.39. The summed E-state index contributed by atoms with van der Waals surface area (Å²) in [7, 11) is 1.45. The number of benzene rings is 1. The van der Waals surface area contributed by atoms with Crippen molar-refractivity contribution in [3.63, 3.8) is 0 Å². The first-order valence-electron chi connectivity index (χ1n) is 12.6. The number of H-pyrrole nitrogens is 1. The van der Waals surface area contributed by atoms with Crippen molar-refractivity contribution in [1.29, 1.82) is 0 Å². The minimum Gasteiger partial charge on any atom is -0.355 e. The van der Waals surface area contributed by atoms with Crippen molar-refractivity contribution in [3.05, 3.63) is 34.0 Å². The van der Waals surface area contributed by atoms with Crippen LogP contribution in [0.1, 0.15) is 61.3 Å². The van der Waals surface area contributed by atoms with Gasteiger partial charge in [0.2, 0.25) is 5.91 Å². The van der Waals surface area contributed by atoms with Crippen LogP contribution in [0.15, 0.2) is 16.9 Å². The lowest BCUT2D eigenvalue weighted by molar-refractivity contribution is -0.133. The second-order valence-corrected chi connectivity index (χ2v) is 10.7. The van der Waals surface area contributed by atoms with Crippen molar-refractivity contribution < 1.29 is 14.0 Å². The Kier molecular flexibility index (Phi) is 5.28. The van der Waals surface area contributed by atoms with Crippen LogP contribution in [0.25, 0.3) is 11.0 Å². The molecule has 0 spiro atoms. The summed E-state index contributed by atoms with van der Waals surface area (Å²) in [5, 5.41) is 2.43. The molecule has 182 valence electrons. The van der Waals surface area contributed by atoms with Gasteiger partial charge in [-0.1, -0.05) is 6.42 Å². The normalized spacial score (nSPS) is 30.8. The fourth-order valence-electron chi connectivity index (χ4n) is 7.23. The lowest BCUT2D eigenvalue weighted by Crippen LogP contribution is -2.49. The van der Waals surface area contributed by atoms with E-state index in [4.69, 9.17) is 0 Å². The number of likely N-dealkylation sites (tertiary alicyclic amines) is 1. The van der Waals surface area contributed by atoms with Crippen molar-refractivity contribution >= 4 is 22.8 Å². The maximum atomic E-state index is 14.7. The van der Waals surface area contributed by atoms with E-state index in [1.807, 2.05) is 0 Å². The largest absolute Gasteiger partial charge is 0.355 e. The van der Waals surface area contributed by atoms with Crippen LogP contribution in [0.4, 0.5) is 4.39 Å². The van der Waals surface area contributed by atoms with E-state index >= 15 is 0 Å². The van der Waals surface area contributed by atoms with E-state index in [0.717, 1.165) is 38.8 Å². The van der Waals surface area contributed by atoms with E-state index in [2.05, 4.69) is 20.1 Å². The molecule has 2 N–H and O–H groups in total. The minimum atomic E-state index is -0.638. The third-order valence-corrected chi connectivity index (χ3v) is 8.90. The number of hydrogen-bond donors (Lipinski definition) is 2. The Morgan fingerprint density at radius 2 is 1.74 bits per heavy atom. The third-order valence-electron chi connectivity index (χ3n) is 8.90. The Bertz CT molecular complexity index is 1180. The number of carbonyl (C=O) groups is 2. The average Bonchev–Trinajstić information content (AvgIpc) is 3.54. The maximum absolute atomic E-state index is 14.7. The SMILES string of the molecule is CNC(=O)c1cc2[nH]c(=O)n(C3C[C@H]4CC[C@@H](C3)N4CC(=O)N3CC4CCCC4C3)c2cc1F. The number of aromatic nitrogens is 2. The van der Waals surface area contributed by atoms with Crippen LogP contribution in [0, 0.1) is 17.7 Å². The highest BCUT2D eigenvalue weighted by molar-refractivity contribution is 5.97. The number of imidazole rings is 1. The first kappa shape index (κ1) is 21.8. The molecule has 2 aromatic rings. The van der Waals surface area contributed by atoms with Gasteiger partial charge < -0.3 is 15.2 Å². The highest BCUT2D eigenvalue weighted by Gasteiger charge is 2.44. The molecule has 1 aromatic carbocycles. The van der Waals surface area contributed by atoms with Gasteiger partial charge in [0.05, 0.1) is 23.1 Å². The molecule has 2 bridgehead atoms. The van der Waals surface area contributed by atoms with Gasteiger partial charge in [0.1, 0.15) is 5.82 Å². The Morgan fingerprint density at radius 1 is 1.06 bits per heavy atom. The molecule has 4 aliphatic rings. The lowest BCUT2D eigenvalue weighted by atomic mass is 9.96. The first-order valence-corrected chi connectivity index (χ1v) is 12.6. The third kappa shape index (κ3) is 3.47. The Hall–Kier alpha value is -2.68. The van der Waals surface area contributed by atoms with E-state index in [1.165, 1.54) is 38.4 Å². The molecular formula is C25H32FN5O3. The molecule has 2 amide bonds. The predicted octanol–water partition coefficient (Wildman–Crippen LogP) is 2.25. The number of fused-ring (bicyclic) bond motifs is 4. The molecule has 4 fully saturated rings. The van der Waals surface area contributed by atoms with Gasteiger partial charge in [-0.2, -0.15) is 0 Å². The van der Waals surface area contributed by atoms with E-state index in [1.54, 1.807) is 4.57 Å². The molecule has 5 atom stereocenters. The van der Waals surface area contributed by atoms with Crippen molar-refractivity contribution in [2.45, 2.75) is 63.1 Å². The first-order chi connectivity index (χ1) is 16.4. The highest BCUT2D eigenvalue weighted by Crippen LogP contribution is 2.42. The van der Waals surface area contributed by atoms with Crippen LogP contribution in [0.3, 0.4) is 0 Å². The molecule has 3 aliphatic heterocycles. The Labute approximate surface area is 197 Å². The van der Waals surface area contributed by atoms with Gasteiger partial charge in [0.25, 0.3) is 5.91 Å². The molecule has 0 radical (unpaired) electrons. The number of nitrogens with one attached hydrogen (secondary N) is 2. The number of halogens is 1. The van der Waals surface area contributed by atoms with Gasteiger partial charge in [0.15, 0.2) is 0 Å². The average molecular weight is 470 g/mol. The summed E-state index contributed by atoms with van der Waals surface area (Å²) >= 11 is 0. The molecule has 8 nitrogen and oxygen atoms in total. The second-order valence-electron chi connectivity index (χ2n) is 10.7. The standard InChI is InChI=1S/C25H32FN5O3/c1-27-24(33)19-9-21-22(10-20(19)26)31(25(34)28-21)18-7-16-5-6-17(8-18)30(16)13-23(32)29-11-14-3-2-4-15(14)12-29/h9-10,14-18H,2-8,11-13H2,1H3,(H,27,33)(H,28,34)/t14?,15?,16-,17+,18?. The molecular weight excluding hydrogens is 437 g/mol. The quantitative estimate of drug-likeness (QED) is 0.719. The van der Waals surface area contributed by atoms with Gasteiger partial charge in [-0.3, -0.25) is 19.1 Å². The molecule has 3 unspecified atom stereocenters. The molecule has 3 saturated heterocycles. The van der Waals surface area contributed by atoms with Crippen molar-refractivity contribution in [2.24, 2.45) is 11.8 Å². The number of hydrogen-bond acceptors (Lipinski definition) is 4. The van der Waals surface area contributed by atoms with E-state index in [9.17, 15) is 18.8 Å². The molecule has 34 heavy (non-hydrogen) atoms. The summed E-state index contributed by atoms with van der Waals surface area (Å²) in [6.45, 7) is 2.31. The summed E-state index contributed by atoms with van der Waals surface area (Å²) in [5.41, 5.74) is 0.603. The maximum Gasteiger partial charge on any atom is 0.326 e. The second kappa shape index (κ2) is 8.22. The van der Waals surface area contributed by atoms with E-state index < -0.39 is 11.7 Å². The summed E-state index contributed by atoms with van der Waals surface area (Å²) < 4.78 is 16.3. The molecule has 9 heteroatoms. The zero-order valence-corrected chi connectivity index (χ0v) is 19.6. The number of carbonyl (C=O) groups excluding carboxylic acids is 2. The topological polar surface area (TPSA) is 90.4 Å². The van der Waals surface area contributed by atoms with Gasteiger partial charge in [0, 0.05) is 44.3 Å². The molecule has 1 aromatic heterocycles. The van der Waals surface area contributed by atoms with Gasteiger partial charge >= 0.3 is 5.69 Å². The lowest BCUT2D eigenvalue weighted by Gasteiger charge is -2.39. The van der Waals surface area contributed by atoms with Gasteiger partial charge in [-0.15, -0.1) is 0 Å². The van der Waals surface area contributed by atoms with Crippen molar-refractivity contribution in [1.82, 2.24) is 24.7 Å². The molecule has 1 aliphatic carbocycles. The number of nitrogens with zero attached hydrogens (tertiary/aromatic N) is 3. The summed E-state index contributed by atoms with van der Waals surface area (Å²) in [4.78, 5) is 45.2. The molecule has 6 rings (SSSR count). The minimum absolute atomic E-state index is 0.0542. The Morgan fingerprint density at radius 3 is 2.38 bits per heavy atom. The number of rotatable bonds is 4. The molecule has 1 saturated carbocycles. The highest BCUT2D eigenvalue weighted by atomic mass is 19.1. The fraction of sp³-hybridized carbons (Fsp3) is 0.640. The van der Waals surface area contributed by atoms with Crippen LogP contribution < -0.4 is 11.0 Å². The number of piperidine rings is 1. The van der Waals surface area contributed by atoms with Gasteiger partial charge in [-0.05, 0) is 56.4 Å². The van der Waals surface area contributed by atoms with Crippen LogP contribution >= 0.6 is 0 Å². The summed E-state index contributed by atoms with van der Waals surface area (Å²) in [5.74, 6) is 0.485. The fourth-order valence-corrected chi connectivity index (χ4v) is 7.23. The predicted molar refractivity (Wildman–Crippen MR) is 125 cm³/mol. The number of aromatic amines is 1. The van der Waals surface area contributed by atoms with E-state index in [-0.39, 0.29) is 35.3 Å². The zero-order valence-electron chi connectivity index (χ0n) is 19.6. The van der Waals surface area contributed by atoms with Gasteiger partial charge in [-0.25, -0.2) is 9.18 Å². The Balaban J connectivity index is 1.20. The monoisotopic (exact) mass is 469 g/mol. The van der Waals surface area contributed by atoms with Crippen LogP contribution in [0.2, 0.25) is 0 Å². The smallest absolute Gasteiger partial charge is 0.326 e. The van der Waals surface area contributed by atoms with Crippen LogP contribution in [-0.2, 0) is 4.79 Å².